The van der Waals surface area contributed by atoms with Gasteiger partial charge in [-0.25, -0.2) is 0 Å². The Hall–Kier alpha value is -0.610. The number of hydrogen-bond acceptors (Lipinski definition) is 4. The van der Waals surface area contributed by atoms with Crippen molar-refractivity contribution in [2.45, 2.75) is 267 Å². The molecule has 0 aliphatic heterocycles. The Kier molecular flexibility index (Phi) is 30.2. The van der Waals surface area contributed by atoms with Gasteiger partial charge in [-0.2, -0.15) is 0 Å². The van der Waals surface area contributed by atoms with Crippen molar-refractivity contribution in [2.24, 2.45) is 16.7 Å². The highest BCUT2D eigenvalue weighted by Crippen LogP contribution is 2.41. The molecule has 0 bridgehead atoms. The van der Waals surface area contributed by atoms with Gasteiger partial charge in [-0.05, 0) is 70.6 Å². The summed E-state index contributed by atoms with van der Waals surface area (Å²) >= 11 is 0. The third kappa shape index (κ3) is 31.7. The van der Waals surface area contributed by atoms with Gasteiger partial charge < -0.3 is 14.2 Å². The second-order valence-electron chi connectivity index (χ2n) is 19.7. The van der Waals surface area contributed by atoms with Crippen molar-refractivity contribution in [3.8, 4) is 0 Å². The monoisotopic (exact) mass is 737 g/mol. The second kappa shape index (κ2) is 30.6. The summed E-state index contributed by atoms with van der Waals surface area (Å²) in [6.07, 6.45) is 37.2. The highest BCUT2D eigenvalue weighted by molar-refractivity contribution is 5.72. The van der Waals surface area contributed by atoms with E-state index in [0.717, 1.165) is 44.9 Å². The standard InChI is InChI=1S/C48H96O4/c1-12-14-16-18-20-22-24-26-28-30-32-34-36-43(37-35-33-31-29-27-25-23-21-19-17-15-13-2)44(49)51-42-46(5,6)40-45(3,4)41-48(9,10)52-39-38-47(7,8)50-11/h43H,12-42H2,1-11H3. The number of carbonyl (C=O) groups excluding carboxylic acids is 1. The van der Waals surface area contributed by atoms with Crippen molar-refractivity contribution >= 4 is 5.97 Å². The lowest BCUT2D eigenvalue weighted by molar-refractivity contribution is -0.153. The van der Waals surface area contributed by atoms with Crippen LogP contribution in [-0.2, 0) is 19.0 Å². The molecule has 0 saturated carbocycles. The van der Waals surface area contributed by atoms with Crippen LogP contribution in [0.3, 0.4) is 0 Å². The minimum absolute atomic E-state index is 0.0544. The topological polar surface area (TPSA) is 44.8 Å². The van der Waals surface area contributed by atoms with Crippen LogP contribution in [0.1, 0.15) is 255 Å². The molecule has 312 valence electrons. The Morgan fingerprint density at radius 1 is 0.481 bits per heavy atom. The maximum absolute atomic E-state index is 13.6. The summed E-state index contributed by atoms with van der Waals surface area (Å²) in [5.41, 5.74) is -0.438. The van der Waals surface area contributed by atoms with Crippen LogP contribution in [0.4, 0.5) is 0 Å². The average Bonchev–Trinajstić information content (AvgIpc) is 3.06. The number of hydrogen-bond donors (Lipinski definition) is 0. The number of ether oxygens (including phenoxy) is 3. The maximum Gasteiger partial charge on any atom is 0.308 e. The number of methoxy groups -OCH3 is 1. The van der Waals surface area contributed by atoms with Gasteiger partial charge in [0.1, 0.15) is 0 Å². The molecule has 0 amide bonds. The molecule has 0 N–H and O–H groups in total. The van der Waals surface area contributed by atoms with Gasteiger partial charge in [0.15, 0.2) is 0 Å². The van der Waals surface area contributed by atoms with Gasteiger partial charge in [-0.15, -0.1) is 0 Å². The quantitative estimate of drug-likeness (QED) is 0.0468. The smallest absolute Gasteiger partial charge is 0.308 e. The lowest BCUT2D eigenvalue weighted by atomic mass is 9.71. The molecule has 0 spiro atoms. The third-order valence-electron chi connectivity index (χ3n) is 11.4. The molecule has 0 aromatic rings. The highest BCUT2D eigenvalue weighted by atomic mass is 16.5. The van der Waals surface area contributed by atoms with E-state index in [1.807, 2.05) is 0 Å². The predicted octanol–water partition coefficient (Wildman–Crippen LogP) is 15.8. The number of carbonyl (C=O) groups is 1. The summed E-state index contributed by atoms with van der Waals surface area (Å²) in [5, 5.41) is 0. The Balaban J connectivity index is 4.80. The van der Waals surface area contributed by atoms with Crippen LogP contribution in [0.25, 0.3) is 0 Å². The first-order valence-electron chi connectivity index (χ1n) is 22.9. The average molecular weight is 737 g/mol. The van der Waals surface area contributed by atoms with Gasteiger partial charge in [0.2, 0.25) is 0 Å². The minimum atomic E-state index is -0.229. The molecule has 0 aliphatic rings. The van der Waals surface area contributed by atoms with E-state index in [2.05, 4.69) is 69.2 Å². The fourth-order valence-electron chi connectivity index (χ4n) is 8.52. The minimum Gasteiger partial charge on any atom is -0.465 e. The lowest BCUT2D eigenvalue weighted by Gasteiger charge is -2.40. The van der Waals surface area contributed by atoms with Crippen LogP contribution < -0.4 is 0 Å². The summed E-state index contributed by atoms with van der Waals surface area (Å²) in [6, 6.07) is 0. The number of rotatable bonds is 38. The molecule has 4 heteroatoms. The molecular weight excluding hydrogens is 641 g/mol. The van der Waals surface area contributed by atoms with Crippen LogP contribution in [-0.4, -0.2) is 37.5 Å². The molecule has 0 aromatic heterocycles. The van der Waals surface area contributed by atoms with Gasteiger partial charge >= 0.3 is 5.97 Å². The highest BCUT2D eigenvalue weighted by Gasteiger charge is 2.36. The van der Waals surface area contributed by atoms with Crippen molar-refractivity contribution in [1.82, 2.24) is 0 Å². The Bertz CT molecular complexity index is 785. The third-order valence-corrected chi connectivity index (χ3v) is 11.4. The predicted molar refractivity (Wildman–Crippen MR) is 228 cm³/mol. The van der Waals surface area contributed by atoms with Crippen molar-refractivity contribution in [2.75, 3.05) is 20.3 Å². The normalized spacial score (nSPS) is 13.0. The molecule has 4 nitrogen and oxygen atoms in total. The lowest BCUT2D eigenvalue weighted by Crippen LogP contribution is -2.37. The van der Waals surface area contributed by atoms with E-state index in [1.165, 1.54) is 141 Å². The largest absolute Gasteiger partial charge is 0.465 e. The zero-order valence-corrected chi connectivity index (χ0v) is 37.6. The van der Waals surface area contributed by atoms with Crippen molar-refractivity contribution < 1.29 is 19.0 Å². The van der Waals surface area contributed by atoms with Gasteiger partial charge in [-0.1, -0.05) is 196 Å². The maximum atomic E-state index is 13.6. The Morgan fingerprint density at radius 2 is 0.846 bits per heavy atom. The van der Waals surface area contributed by atoms with E-state index < -0.39 is 0 Å². The molecule has 52 heavy (non-hydrogen) atoms. The van der Waals surface area contributed by atoms with Crippen LogP contribution in [0.5, 0.6) is 0 Å². The fourth-order valence-corrected chi connectivity index (χ4v) is 8.52. The number of esters is 1. The van der Waals surface area contributed by atoms with Crippen LogP contribution in [0.15, 0.2) is 0 Å². The second-order valence-corrected chi connectivity index (χ2v) is 19.7. The first-order chi connectivity index (χ1) is 24.6. The van der Waals surface area contributed by atoms with Crippen molar-refractivity contribution in [1.29, 1.82) is 0 Å². The molecule has 0 unspecified atom stereocenters. The van der Waals surface area contributed by atoms with E-state index >= 15 is 0 Å². The summed E-state index contributed by atoms with van der Waals surface area (Å²) in [4.78, 5) is 13.6. The summed E-state index contributed by atoms with van der Waals surface area (Å²) < 4.78 is 18.1. The summed E-state index contributed by atoms with van der Waals surface area (Å²) in [7, 11) is 1.77. The first-order valence-corrected chi connectivity index (χ1v) is 22.9. The Morgan fingerprint density at radius 3 is 1.21 bits per heavy atom. The van der Waals surface area contributed by atoms with Crippen LogP contribution >= 0.6 is 0 Å². The van der Waals surface area contributed by atoms with E-state index in [4.69, 9.17) is 14.2 Å². The zero-order valence-electron chi connectivity index (χ0n) is 37.6. The fraction of sp³-hybridized carbons (Fsp3) is 0.979. The molecule has 0 radical (unpaired) electrons. The van der Waals surface area contributed by atoms with E-state index in [-0.39, 0.29) is 33.9 Å². The SMILES string of the molecule is CCCCCCCCCCCCCCC(CCCCCCCCCCCCCC)C(=O)OCC(C)(C)CC(C)(C)CC(C)(C)OCCC(C)(C)OC. The molecule has 0 fully saturated rings. The summed E-state index contributed by atoms with van der Waals surface area (Å²) in [6.45, 7) is 23.6. The molecule has 0 aromatic carbocycles. The molecule has 0 saturated heterocycles. The van der Waals surface area contributed by atoms with Crippen molar-refractivity contribution in [3.05, 3.63) is 0 Å². The Labute approximate surface area is 327 Å². The van der Waals surface area contributed by atoms with Crippen molar-refractivity contribution in [3.63, 3.8) is 0 Å². The number of unbranched alkanes of at least 4 members (excludes halogenated alkanes) is 22. The van der Waals surface area contributed by atoms with Crippen LogP contribution in [0, 0.1) is 16.7 Å². The zero-order chi connectivity index (χ0) is 39.2. The first kappa shape index (κ1) is 51.4. The van der Waals surface area contributed by atoms with Gasteiger partial charge in [0.05, 0.1) is 30.3 Å². The van der Waals surface area contributed by atoms with Gasteiger partial charge in [0.25, 0.3) is 0 Å². The molecular formula is C48H96O4. The van der Waals surface area contributed by atoms with E-state index in [9.17, 15) is 4.79 Å². The van der Waals surface area contributed by atoms with E-state index in [0.29, 0.717) is 13.2 Å². The van der Waals surface area contributed by atoms with E-state index in [1.54, 1.807) is 7.11 Å². The van der Waals surface area contributed by atoms with Gasteiger partial charge in [0, 0.05) is 7.11 Å². The molecule has 0 heterocycles. The molecule has 0 rings (SSSR count). The van der Waals surface area contributed by atoms with Crippen LogP contribution in [0.2, 0.25) is 0 Å². The molecule has 0 atom stereocenters. The molecule has 0 aliphatic carbocycles. The summed E-state index contributed by atoms with van der Waals surface area (Å²) in [5.74, 6) is 0.111. The van der Waals surface area contributed by atoms with Gasteiger partial charge in [-0.3, -0.25) is 4.79 Å².